The molecule has 3 N–H and O–H groups in total. The third-order valence-corrected chi connectivity index (χ3v) is 3.54. The van der Waals surface area contributed by atoms with E-state index in [1.807, 2.05) is 30.5 Å². The summed E-state index contributed by atoms with van der Waals surface area (Å²) in [4.78, 5) is 13.2. The summed E-state index contributed by atoms with van der Waals surface area (Å²) in [6, 6.07) is 12.6. The Bertz CT molecular complexity index is 629. The smallest absolute Gasteiger partial charge is 0.255 e. The molecule has 20 heavy (non-hydrogen) atoms. The second-order valence-electron chi connectivity index (χ2n) is 4.14. The first kappa shape index (κ1) is 14.3. The average Bonchev–Trinajstić information content (AvgIpc) is 2.47. The van der Waals surface area contributed by atoms with Gasteiger partial charge in [-0.05, 0) is 42.7 Å². The monoisotopic (exact) mass is 288 g/mol. The Morgan fingerprint density at radius 2 is 2.05 bits per heavy atom. The zero-order chi connectivity index (χ0) is 14.5. The van der Waals surface area contributed by atoms with Crippen LogP contribution >= 0.6 is 11.8 Å². The predicted molar refractivity (Wildman–Crippen MR) is 83.6 cm³/mol. The van der Waals surface area contributed by atoms with Gasteiger partial charge in [-0.3, -0.25) is 4.79 Å². The fourth-order valence-corrected chi connectivity index (χ4v) is 2.24. The fourth-order valence-electron chi connectivity index (χ4n) is 1.78. The Balaban J connectivity index is 2.17. The van der Waals surface area contributed by atoms with Gasteiger partial charge in [-0.15, -0.1) is 11.8 Å². The van der Waals surface area contributed by atoms with Gasteiger partial charge in [0, 0.05) is 16.1 Å². The number of hydrogen-bond donors (Lipinski definition) is 2. The molecular weight excluding hydrogens is 272 g/mol. The van der Waals surface area contributed by atoms with E-state index in [1.165, 1.54) is 0 Å². The lowest BCUT2D eigenvalue weighted by Gasteiger charge is -2.09. The summed E-state index contributed by atoms with van der Waals surface area (Å²) < 4.78 is 5.07. The van der Waals surface area contributed by atoms with Gasteiger partial charge in [0.25, 0.3) is 5.91 Å². The third kappa shape index (κ3) is 3.24. The van der Waals surface area contributed by atoms with Crippen LogP contribution in [0, 0.1) is 0 Å². The third-order valence-electron chi connectivity index (χ3n) is 2.82. The van der Waals surface area contributed by atoms with Crippen molar-refractivity contribution in [1.82, 2.24) is 0 Å². The van der Waals surface area contributed by atoms with Crippen LogP contribution in [0.4, 0.5) is 11.4 Å². The summed E-state index contributed by atoms with van der Waals surface area (Å²) in [6.45, 7) is 0. The molecule has 0 aliphatic carbocycles. The first-order valence-corrected chi connectivity index (χ1v) is 7.25. The number of thioether (sulfide) groups is 1. The van der Waals surface area contributed by atoms with Crippen molar-refractivity contribution in [2.24, 2.45) is 0 Å². The molecule has 2 rings (SSSR count). The molecule has 0 aromatic heterocycles. The molecule has 2 aromatic rings. The van der Waals surface area contributed by atoms with Crippen molar-refractivity contribution in [2.75, 3.05) is 24.4 Å². The number of ether oxygens (including phenoxy) is 1. The number of benzene rings is 2. The molecular formula is C15H16N2O2S. The van der Waals surface area contributed by atoms with Crippen molar-refractivity contribution < 1.29 is 9.53 Å². The van der Waals surface area contributed by atoms with E-state index in [0.29, 0.717) is 17.0 Å². The molecule has 0 saturated heterocycles. The maximum absolute atomic E-state index is 12.2. The molecule has 5 heteroatoms. The molecule has 0 fully saturated rings. The molecule has 0 unspecified atom stereocenters. The molecule has 1 amide bonds. The lowest BCUT2D eigenvalue weighted by Crippen LogP contribution is -2.12. The number of rotatable bonds is 4. The molecule has 0 aliphatic rings. The molecule has 4 nitrogen and oxygen atoms in total. The quantitative estimate of drug-likeness (QED) is 0.669. The van der Waals surface area contributed by atoms with Gasteiger partial charge in [0.15, 0.2) is 0 Å². The van der Waals surface area contributed by atoms with Gasteiger partial charge >= 0.3 is 0 Å². The second-order valence-corrected chi connectivity index (χ2v) is 5.02. The zero-order valence-electron chi connectivity index (χ0n) is 11.3. The predicted octanol–water partition coefficient (Wildman–Crippen LogP) is 3.25. The fraction of sp³-hybridized carbons (Fsp3) is 0.133. The SMILES string of the molecule is COc1ccc(C(=O)Nc2cccc(SC)c2)cc1N. The van der Waals surface area contributed by atoms with Crippen LogP contribution in [-0.2, 0) is 0 Å². The van der Waals surface area contributed by atoms with E-state index >= 15 is 0 Å². The van der Waals surface area contributed by atoms with Gasteiger partial charge in [0.2, 0.25) is 0 Å². The zero-order valence-corrected chi connectivity index (χ0v) is 12.2. The van der Waals surface area contributed by atoms with Crippen LogP contribution < -0.4 is 15.8 Å². The molecule has 0 saturated carbocycles. The van der Waals surface area contributed by atoms with E-state index in [1.54, 1.807) is 37.1 Å². The molecule has 0 spiro atoms. The van der Waals surface area contributed by atoms with E-state index in [-0.39, 0.29) is 5.91 Å². The molecule has 0 aliphatic heterocycles. The summed E-state index contributed by atoms with van der Waals surface area (Å²) in [7, 11) is 1.54. The van der Waals surface area contributed by atoms with Crippen molar-refractivity contribution >= 4 is 29.0 Å². The minimum absolute atomic E-state index is 0.197. The van der Waals surface area contributed by atoms with E-state index in [2.05, 4.69) is 5.32 Å². The molecule has 0 radical (unpaired) electrons. The van der Waals surface area contributed by atoms with Crippen molar-refractivity contribution in [3.05, 3.63) is 48.0 Å². The van der Waals surface area contributed by atoms with Crippen molar-refractivity contribution in [3.63, 3.8) is 0 Å². The number of nitrogens with two attached hydrogens (primary N) is 1. The van der Waals surface area contributed by atoms with E-state index in [4.69, 9.17) is 10.5 Å². The Morgan fingerprint density at radius 3 is 2.70 bits per heavy atom. The van der Waals surface area contributed by atoms with Crippen LogP contribution in [0.15, 0.2) is 47.4 Å². The average molecular weight is 288 g/mol. The topological polar surface area (TPSA) is 64.3 Å². The minimum atomic E-state index is -0.197. The van der Waals surface area contributed by atoms with Crippen LogP contribution in [0.1, 0.15) is 10.4 Å². The van der Waals surface area contributed by atoms with Crippen LogP contribution in [0.25, 0.3) is 0 Å². The van der Waals surface area contributed by atoms with Gasteiger partial charge < -0.3 is 15.8 Å². The molecule has 0 bridgehead atoms. The Morgan fingerprint density at radius 1 is 1.25 bits per heavy atom. The number of hydrogen-bond acceptors (Lipinski definition) is 4. The molecule has 2 aromatic carbocycles. The van der Waals surface area contributed by atoms with Crippen molar-refractivity contribution in [2.45, 2.75) is 4.90 Å². The van der Waals surface area contributed by atoms with Crippen LogP contribution in [0.3, 0.4) is 0 Å². The lowest BCUT2D eigenvalue weighted by molar-refractivity contribution is 0.102. The summed E-state index contributed by atoms with van der Waals surface area (Å²) in [5, 5.41) is 2.85. The van der Waals surface area contributed by atoms with Gasteiger partial charge in [0.1, 0.15) is 5.75 Å². The Hall–Kier alpha value is -2.14. The Kier molecular flexibility index (Phi) is 4.53. The first-order chi connectivity index (χ1) is 9.63. The van der Waals surface area contributed by atoms with Gasteiger partial charge in [0.05, 0.1) is 12.8 Å². The molecule has 0 atom stereocenters. The number of carbonyl (C=O) groups is 1. The summed E-state index contributed by atoms with van der Waals surface area (Å²) in [5.41, 5.74) is 7.50. The number of methoxy groups -OCH3 is 1. The number of amides is 1. The van der Waals surface area contributed by atoms with E-state index < -0.39 is 0 Å². The summed E-state index contributed by atoms with van der Waals surface area (Å²) in [6.07, 6.45) is 1.99. The van der Waals surface area contributed by atoms with Gasteiger partial charge in [-0.25, -0.2) is 0 Å². The number of nitrogens with one attached hydrogen (secondary N) is 1. The van der Waals surface area contributed by atoms with Crippen LogP contribution in [0.2, 0.25) is 0 Å². The maximum Gasteiger partial charge on any atom is 0.255 e. The standard InChI is InChI=1S/C15H16N2O2S/c1-19-14-7-6-10(8-13(14)16)15(18)17-11-4-3-5-12(9-11)20-2/h3-9H,16H2,1-2H3,(H,17,18). The van der Waals surface area contributed by atoms with Crippen LogP contribution in [0.5, 0.6) is 5.75 Å². The van der Waals surface area contributed by atoms with E-state index in [0.717, 1.165) is 10.6 Å². The highest BCUT2D eigenvalue weighted by molar-refractivity contribution is 7.98. The summed E-state index contributed by atoms with van der Waals surface area (Å²) >= 11 is 1.63. The molecule has 0 heterocycles. The second kappa shape index (κ2) is 6.34. The normalized spacial score (nSPS) is 10.1. The number of anilines is 2. The van der Waals surface area contributed by atoms with Crippen molar-refractivity contribution in [1.29, 1.82) is 0 Å². The highest BCUT2D eigenvalue weighted by Crippen LogP contribution is 2.23. The number of nitrogen functional groups attached to an aromatic ring is 1. The summed E-state index contributed by atoms with van der Waals surface area (Å²) in [5.74, 6) is 0.364. The highest BCUT2D eigenvalue weighted by atomic mass is 32.2. The highest BCUT2D eigenvalue weighted by Gasteiger charge is 2.09. The first-order valence-electron chi connectivity index (χ1n) is 6.03. The van der Waals surface area contributed by atoms with Crippen LogP contribution in [-0.4, -0.2) is 19.3 Å². The largest absolute Gasteiger partial charge is 0.495 e. The lowest BCUT2D eigenvalue weighted by atomic mass is 10.1. The Labute approximate surface area is 122 Å². The maximum atomic E-state index is 12.2. The minimum Gasteiger partial charge on any atom is -0.495 e. The molecule has 104 valence electrons. The number of carbonyl (C=O) groups excluding carboxylic acids is 1. The van der Waals surface area contributed by atoms with E-state index in [9.17, 15) is 4.79 Å². The van der Waals surface area contributed by atoms with Gasteiger partial charge in [-0.1, -0.05) is 6.07 Å². The van der Waals surface area contributed by atoms with Gasteiger partial charge in [-0.2, -0.15) is 0 Å². The van der Waals surface area contributed by atoms with Crippen molar-refractivity contribution in [3.8, 4) is 5.75 Å².